The summed E-state index contributed by atoms with van der Waals surface area (Å²) in [5.74, 6) is -2.36. The number of hydrogen-bond acceptors (Lipinski definition) is 6. The van der Waals surface area contributed by atoms with Gasteiger partial charge >= 0.3 is 5.97 Å². The Morgan fingerprint density at radius 2 is 1.52 bits per heavy atom. The second-order valence-electron chi connectivity index (χ2n) is 5.00. The summed E-state index contributed by atoms with van der Waals surface area (Å²) in [5, 5.41) is 33.2. The molecular formula is C15H11N3O7. The van der Waals surface area contributed by atoms with Crippen LogP contribution in [0.15, 0.2) is 36.4 Å². The van der Waals surface area contributed by atoms with Crippen molar-refractivity contribution < 1.29 is 24.5 Å². The normalized spacial score (nSPS) is 10.1. The molecule has 128 valence electrons. The molecule has 2 N–H and O–H groups in total. The van der Waals surface area contributed by atoms with Crippen molar-refractivity contribution >= 4 is 28.9 Å². The highest BCUT2D eigenvalue weighted by atomic mass is 16.6. The van der Waals surface area contributed by atoms with Crippen LogP contribution < -0.4 is 5.32 Å². The molecule has 0 aliphatic heterocycles. The summed E-state index contributed by atoms with van der Waals surface area (Å²) in [4.78, 5) is 43.9. The molecule has 2 rings (SSSR count). The third-order valence-electron chi connectivity index (χ3n) is 3.37. The zero-order chi connectivity index (χ0) is 18.7. The number of rotatable bonds is 5. The molecule has 25 heavy (non-hydrogen) atoms. The van der Waals surface area contributed by atoms with Crippen molar-refractivity contribution in [2.75, 3.05) is 5.32 Å². The van der Waals surface area contributed by atoms with E-state index in [2.05, 4.69) is 5.32 Å². The lowest BCUT2D eigenvalue weighted by Gasteiger charge is -2.10. The Labute approximate surface area is 140 Å². The zero-order valence-electron chi connectivity index (χ0n) is 12.8. The first kappa shape index (κ1) is 17.5. The predicted molar refractivity (Wildman–Crippen MR) is 85.8 cm³/mol. The van der Waals surface area contributed by atoms with E-state index < -0.39 is 38.5 Å². The smallest absolute Gasteiger partial charge is 0.336 e. The van der Waals surface area contributed by atoms with Crippen molar-refractivity contribution in [3.05, 3.63) is 73.3 Å². The lowest BCUT2D eigenvalue weighted by atomic mass is 10.1. The number of anilines is 1. The van der Waals surface area contributed by atoms with Crippen LogP contribution in [-0.2, 0) is 0 Å². The number of nitrogens with zero attached hydrogens (tertiary/aromatic N) is 2. The number of non-ortho nitro benzene ring substituents is 2. The molecule has 0 unspecified atom stereocenters. The maximum atomic E-state index is 12.4. The Bertz CT molecular complexity index is 908. The molecule has 0 bridgehead atoms. The minimum Gasteiger partial charge on any atom is -0.478 e. The Hall–Kier alpha value is -3.82. The molecule has 0 atom stereocenters. The van der Waals surface area contributed by atoms with Gasteiger partial charge in [-0.1, -0.05) is 6.07 Å². The molecule has 0 heterocycles. The van der Waals surface area contributed by atoms with E-state index in [1.807, 2.05) is 0 Å². The minimum absolute atomic E-state index is 0.0991. The number of aromatic carboxylic acids is 1. The minimum atomic E-state index is -1.43. The number of amides is 1. The van der Waals surface area contributed by atoms with E-state index in [1.54, 1.807) is 6.92 Å². The number of benzene rings is 2. The molecule has 0 radical (unpaired) electrons. The first-order chi connectivity index (χ1) is 11.7. The Morgan fingerprint density at radius 1 is 0.960 bits per heavy atom. The van der Waals surface area contributed by atoms with Crippen LogP contribution in [0, 0.1) is 27.2 Å². The number of carbonyl (C=O) groups excluding carboxylic acids is 1. The van der Waals surface area contributed by atoms with Crippen LogP contribution in [0.4, 0.5) is 17.1 Å². The van der Waals surface area contributed by atoms with Crippen molar-refractivity contribution in [2.45, 2.75) is 6.92 Å². The standard InChI is InChI=1S/C15H11N3O7/c1-8-2-3-10(18(24)25)7-13(8)16-14(19)12-6-9(17(22)23)4-5-11(12)15(20)21/h2-7H,1H3,(H,16,19)(H,20,21). The topological polar surface area (TPSA) is 153 Å². The van der Waals surface area contributed by atoms with Crippen molar-refractivity contribution in [2.24, 2.45) is 0 Å². The summed E-state index contributed by atoms with van der Waals surface area (Å²) in [5.41, 5.74) is -0.966. The molecule has 0 saturated heterocycles. The second-order valence-corrected chi connectivity index (χ2v) is 5.00. The van der Waals surface area contributed by atoms with Crippen LogP contribution in [0.2, 0.25) is 0 Å². The molecule has 0 saturated carbocycles. The van der Waals surface area contributed by atoms with Crippen molar-refractivity contribution in [1.82, 2.24) is 0 Å². The van der Waals surface area contributed by atoms with Crippen LogP contribution in [-0.4, -0.2) is 26.8 Å². The lowest BCUT2D eigenvalue weighted by molar-refractivity contribution is -0.385. The molecule has 0 aliphatic rings. The van der Waals surface area contributed by atoms with Gasteiger partial charge in [-0.25, -0.2) is 4.79 Å². The van der Waals surface area contributed by atoms with Gasteiger partial charge in [-0.3, -0.25) is 25.0 Å². The van der Waals surface area contributed by atoms with Crippen LogP contribution in [0.5, 0.6) is 0 Å². The van der Waals surface area contributed by atoms with E-state index in [1.165, 1.54) is 12.1 Å². The largest absolute Gasteiger partial charge is 0.478 e. The van der Waals surface area contributed by atoms with E-state index in [0.717, 1.165) is 24.3 Å². The third-order valence-corrected chi connectivity index (χ3v) is 3.37. The monoisotopic (exact) mass is 345 g/mol. The Morgan fingerprint density at radius 3 is 2.08 bits per heavy atom. The summed E-state index contributed by atoms with van der Waals surface area (Å²) >= 11 is 0. The number of nitro benzene ring substituents is 2. The van der Waals surface area contributed by atoms with Gasteiger partial charge in [0.2, 0.25) is 0 Å². The highest BCUT2D eigenvalue weighted by molar-refractivity contribution is 6.11. The van der Waals surface area contributed by atoms with E-state index in [-0.39, 0.29) is 11.4 Å². The number of hydrogen-bond donors (Lipinski definition) is 2. The van der Waals surface area contributed by atoms with Gasteiger partial charge in [-0.05, 0) is 18.6 Å². The van der Waals surface area contributed by atoms with Crippen LogP contribution in [0.3, 0.4) is 0 Å². The maximum absolute atomic E-state index is 12.4. The molecule has 10 nitrogen and oxygen atoms in total. The van der Waals surface area contributed by atoms with Gasteiger partial charge in [0.1, 0.15) is 0 Å². The number of nitrogens with one attached hydrogen (secondary N) is 1. The van der Waals surface area contributed by atoms with E-state index in [4.69, 9.17) is 5.11 Å². The molecule has 1 amide bonds. The molecule has 0 aromatic heterocycles. The Kier molecular flexibility index (Phi) is 4.73. The number of carboxylic acids is 1. The number of carboxylic acid groups (broad SMARTS) is 1. The number of aryl methyl sites for hydroxylation is 1. The van der Waals surface area contributed by atoms with Gasteiger partial charge in [0, 0.05) is 24.3 Å². The highest BCUT2D eigenvalue weighted by Crippen LogP contribution is 2.24. The van der Waals surface area contributed by atoms with Crippen LogP contribution in [0.1, 0.15) is 26.3 Å². The van der Waals surface area contributed by atoms with Crippen molar-refractivity contribution in [3.63, 3.8) is 0 Å². The average Bonchev–Trinajstić information content (AvgIpc) is 2.55. The van der Waals surface area contributed by atoms with Gasteiger partial charge in [0.15, 0.2) is 0 Å². The fraction of sp³-hybridized carbons (Fsp3) is 0.0667. The molecule has 10 heteroatoms. The summed E-state index contributed by atoms with van der Waals surface area (Å²) in [6.07, 6.45) is 0. The molecule has 2 aromatic carbocycles. The third kappa shape index (κ3) is 3.75. The molecule has 0 spiro atoms. The summed E-state index contributed by atoms with van der Waals surface area (Å²) in [6.45, 7) is 1.59. The summed E-state index contributed by atoms with van der Waals surface area (Å²) in [6, 6.07) is 6.55. The van der Waals surface area contributed by atoms with Crippen molar-refractivity contribution in [1.29, 1.82) is 0 Å². The fourth-order valence-corrected chi connectivity index (χ4v) is 2.07. The van der Waals surface area contributed by atoms with Gasteiger partial charge in [-0.2, -0.15) is 0 Å². The highest BCUT2D eigenvalue weighted by Gasteiger charge is 2.21. The number of carbonyl (C=O) groups is 2. The molecule has 2 aromatic rings. The maximum Gasteiger partial charge on any atom is 0.336 e. The first-order valence-corrected chi connectivity index (χ1v) is 6.79. The Balaban J connectivity index is 2.46. The van der Waals surface area contributed by atoms with E-state index >= 15 is 0 Å². The molecule has 0 fully saturated rings. The quantitative estimate of drug-likeness (QED) is 0.624. The second kappa shape index (κ2) is 6.74. The molecular weight excluding hydrogens is 334 g/mol. The van der Waals surface area contributed by atoms with Crippen LogP contribution in [0.25, 0.3) is 0 Å². The average molecular weight is 345 g/mol. The number of nitro groups is 2. The van der Waals surface area contributed by atoms with Crippen LogP contribution >= 0.6 is 0 Å². The molecule has 0 aliphatic carbocycles. The predicted octanol–water partition coefficient (Wildman–Crippen LogP) is 2.76. The SMILES string of the molecule is Cc1ccc([N+](=O)[O-])cc1NC(=O)c1cc([N+](=O)[O-])ccc1C(=O)O. The van der Waals surface area contributed by atoms with Crippen molar-refractivity contribution in [3.8, 4) is 0 Å². The van der Waals surface area contributed by atoms with E-state index in [0.29, 0.717) is 5.56 Å². The lowest BCUT2D eigenvalue weighted by Crippen LogP contribution is -2.17. The van der Waals surface area contributed by atoms with Gasteiger partial charge < -0.3 is 10.4 Å². The fourth-order valence-electron chi connectivity index (χ4n) is 2.07. The van der Waals surface area contributed by atoms with E-state index in [9.17, 15) is 29.8 Å². The first-order valence-electron chi connectivity index (χ1n) is 6.79. The summed E-state index contributed by atoms with van der Waals surface area (Å²) < 4.78 is 0. The van der Waals surface area contributed by atoms with Gasteiger partial charge in [0.25, 0.3) is 17.3 Å². The van der Waals surface area contributed by atoms with Gasteiger partial charge in [0.05, 0.1) is 26.7 Å². The summed E-state index contributed by atoms with van der Waals surface area (Å²) in [7, 11) is 0. The van der Waals surface area contributed by atoms with Gasteiger partial charge in [-0.15, -0.1) is 0 Å². The zero-order valence-corrected chi connectivity index (χ0v) is 12.8.